The van der Waals surface area contributed by atoms with Crippen molar-refractivity contribution in [2.24, 2.45) is 0 Å². The summed E-state index contributed by atoms with van der Waals surface area (Å²) in [5.41, 5.74) is 0. The van der Waals surface area contributed by atoms with Crippen LogP contribution in [0, 0.1) is 3.57 Å². The Labute approximate surface area is 121 Å². The molecule has 2 fully saturated rings. The first kappa shape index (κ1) is 12.6. The summed E-state index contributed by atoms with van der Waals surface area (Å²) in [7, 11) is 0. The molecule has 18 heavy (non-hydrogen) atoms. The van der Waals surface area contributed by atoms with Crippen LogP contribution in [0.3, 0.4) is 0 Å². The third kappa shape index (κ3) is 2.95. The second kappa shape index (κ2) is 5.71. The topological polar surface area (TPSA) is 34.6 Å². The Morgan fingerprint density at radius 2 is 2.06 bits per heavy atom. The highest BCUT2D eigenvalue weighted by molar-refractivity contribution is 14.1. The fourth-order valence-electron chi connectivity index (χ4n) is 2.40. The largest absolute Gasteiger partial charge is 0.474 e. The Morgan fingerprint density at radius 3 is 2.61 bits per heavy atom. The lowest BCUT2D eigenvalue weighted by molar-refractivity contribution is -0.0779. The zero-order valence-electron chi connectivity index (χ0n) is 10.2. The average Bonchev–Trinajstić information content (AvgIpc) is 2.32. The van der Waals surface area contributed by atoms with E-state index in [0.29, 0.717) is 12.1 Å². The van der Waals surface area contributed by atoms with Crippen molar-refractivity contribution in [1.29, 1.82) is 0 Å². The van der Waals surface area contributed by atoms with E-state index < -0.39 is 0 Å². The lowest BCUT2D eigenvalue weighted by Crippen LogP contribution is -2.52. The number of piperidine rings is 1. The molecule has 2 aliphatic rings. The van der Waals surface area contributed by atoms with Gasteiger partial charge in [-0.3, -0.25) is 4.90 Å². The van der Waals surface area contributed by atoms with E-state index in [-0.39, 0.29) is 0 Å². The van der Waals surface area contributed by atoms with Crippen molar-refractivity contribution in [2.45, 2.75) is 25.0 Å². The van der Waals surface area contributed by atoms with E-state index in [1.807, 2.05) is 18.3 Å². The molecule has 0 spiro atoms. The average molecular weight is 360 g/mol. The molecule has 1 aromatic heterocycles. The summed E-state index contributed by atoms with van der Waals surface area (Å²) in [6.07, 6.45) is 4.33. The van der Waals surface area contributed by atoms with Crippen molar-refractivity contribution in [2.75, 3.05) is 26.3 Å². The highest BCUT2D eigenvalue weighted by Crippen LogP contribution is 2.21. The Bertz CT molecular complexity index is 386. The Hall–Kier alpha value is -0.400. The monoisotopic (exact) mass is 360 g/mol. The van der Waals surface area contributed by atoms with Crippen LogP contribution in [-0.4, -0.2) is 48.3 Å². The number of ether oxygens (including phenoxy) is 2. The van der Waals surface area contributed by atoms with Gasteiger partial charge in [0.2, 0.25) is 5.88 Å². The minimum Gasteiger partial charge on any atom is -0.474 e. The maximum absolute atomic E-state index is 5.92. The molecular formula is C13H17IN2O2. The molecule has 2 saturated heterocycles. The van der Waals surface area contributed by atoms with Crippen LogP contribution in [0.5, 0.6) is 5.88 Å². The number of rotatable bonds is 3. The van der Waals surface area contributed by atoms with Crippen molar-refractivity contribution < 1.29 is 9.47 Å². The van der Waals surface area contributed by atoms with Gasteiger partial charge in [-0.1, -0.05) is 0 Å². The van der Waals surface area contributed by atoms with E-state index in [1.54, 1.807) is 0 Å². The van der Waals surface area contributed by atoms with Crippen LogP contribution in [0.4, 0.5) is 0 Å². The first-order valence-electron chi connectivity index (χ1n) is 6.41. The van der Waals surface area contributed by atoms with Crippen LogP contribution >= 0.6 is 22.6 Å². The molecule has 0 aromatic carbocycles. The third-order valence-corrected chi connectivity index (χ3v) is 4.24. The quantitative estimate of drug-likeness (QED) is 0.772. The van der Waals surface area contributed by atoms with Gasteiger partial charge in [-0.15, -0.1) is 0 Å². The molecule has 2 aliphatic heterocycles. The molecule has 3 rings (SSSR count). The molecule has 0 bridgehead atoms. The van der Waals surface area contributed by atoms with Crippen LogP contribution in [0.25, 0.3) is 0 Å². The second-order valence-corrected chi connectivity index (χ2v) is 6.10. The Balaban J connectivity index is 1.48. The van der Waals surface area contributed by atoms with Crippen molar-refractivity contribution >= 4 is 22.6 Å². The third-order valence-electron chi connectivity index (χ3n) is 3.60. The van der Waals surface area contributed by atoms with Gasteiger partial charge in [-0.2, -0.15) is 0 Å². The van der Waals surface area contributed by atoms with Crippen molar-refractivity contribution in [3.05, 3.63) is 21.9 Å². The van der Waals surface area contributed by atoms with E-state index in [0.717, 1.165) is 48.6 Å². The minimum atomic E-state index is 0.315. The van der Waals surface area contributed by atoms with Gasteiger partial charge in [0.25, 0.3) is 0 Å². The van der Waals surface area contributed by atoms with E-state index >= 15 is 0 Å². The first-order valence-corrected chi connectivity index (χ1v) is 7.49. The summed E-state index contributed by atoms with van der Waals surface area (Å²) in [4.78, 5) is 6.81. The van der Waals surface area contributed by atoms with Gasteiger partial charge < -0.3 is 9.47 Å². The van der Waals surface area contributed by atoms with Crippen molar-refractivity contribution in [1.82, 2.24) is 9.88 Å². The van der Waals surface area contributed by atoms with Gasteiger partial charge in [0.05, 0.1) is 19.3 Å². The van der Waals surface area contributed by atoms with Gasteiger partial charge in [-0.05, 0) is 41.5 Å². The zero-order chi connectivity index (χ0) is 12.4. The molecule has 3 heterocycles. The maximum atomic E-state index is 5.92. The van der Waals surface area contributed by atoms with Gasteiger partial charge in [0.15, 0.2) is 0 Å². The summed E-state index contributed by atoms with van der Waals surface area (Å²) in [6.45, 7) is 4.04. The summed E-state index contributed by atoms with van der Waals surface area (Å²) in [6, 6.07) is 4.64. The lowest BCUT2D eigenvalue weighted by atomic mass is 10.0. The van der Waals surface area contributed by atoms with Crippen LogP contribution in [0.1, 0.15) is 12.8 Å². The number of aromatic nitrogens is 1. The van der Waals surface area contributed by atoms with E-state index in [2.05, 4.69) is 32.5 Å². The number of halogens is 1. The summed E-state index contributed by atoms with van der Waals surface area (Å²) in [5, 5.41) is 0. The van der Waals surface area contributed by atoms with Gasteiger partial charge in [0.1, 0.15) is 6.10 Å². The first-order chi connectivity index (χ1) is 8.81. The van der Waals surface area contributed by atoms with Gasteiger partial charge >= 0.3 is 0 Å². The Kier molecular flexibility index (Phi) is 4.00. The molecular weight excluding hydrogens is 343 g/mol. The molecule has 0 N–H and O–H groups in total. The second-order valence-electron chi connectivity index (χ2n) is 4.86. The summed E-state index contributed by atoms with van der Waals surface area (Å²) < 4.78 is 12.3. The zero-order valence-corrected chi connectivity index (χ0v) is 12.4. The minimum absolute atomic E-state index is 0.315. The predicted molar refractivity (Wildman–Crippen MR) is 76.8 cm³/mol. The fraction of sp³-hybridized carbons (Fsp3) is 0.615. The molecule has 0 atom stereocenters. The van der Waals surface area contributed by atoms with Crippen molar-refractivity contribution in [3.63, 3.8) is 0 Å². The number of hydrogen-bond acceptors (Lipinski definition) is 4. The molecule has 0 aliphatic carbocycles. The highest BCUT2D eigenvalue weighted by atomic mass is 127. The summed E-state index contributed by atoms with van der Waals surface area (Å²) >= 11 is 2.25. The number of pyridine rings is 1. The molecule has 5 heteroatoms. The number of likely N-dealkylation sites (tertiary alicyclic amines) is 1. The number of hydrogen-bond donors (Lipinski definition) is 0. The Morgan fingerprint density at radius 1 is 1.28 bits per heavy atom. The molecule has 4 nitrogen and oxygen atoms in total. The SMILES string of the molecule is Ic1ccc(OC2CCN(C3COC3)CC2)nc1. The van der Waals surface area contributed by atoms with Crippen LogP contribution < -0.4 is 4.74 Å². The van der Waals surface area contributed by atoms with Crippen molar-refractivity contribution in [3.8, 4) is 5.88 Å². The van der Waals surface area contributed by atoms with E-state index in [1.165, 1.54) is 0 Å². The fourth-order valence-corrected chi connectivity index (χ4v) is 2.71. The standard InChI is InChI=1S/C13H17IN2O2/c14-10-1-2-13(15-7-10)18-12-3-5-16(6-4-12)11-8-17-9-11/h1-2,7,11-12H,3-6,8-9H2. The van der Waals surface area contributed by atoms with Crippen LogP contribution in [-0.2, 0) is 4.74 Å². The molecule has 0 saturated carbocycles. The molecule has 98 valence electrons. The van der Waals surface area contributed by atoms with Crippen LogP contribution in [0.15, 0.2) is 18.3 Å². The predicted octanol–water partition coefficient (Wildman–Crippen LogP) is 1.93. The lowest BCUT2D eigenvalue weighted by Gasteiger charge is -2.41. The highest BCUT2D eigenvalue weighted by Gasteiger charge is 2.30. The van der Waals surface area contributed by atoms with Gasteiger partial charge in [-0.25, -0.2) is 4.98 Å². The maximum Gasteiger partial charge on any atom is 0.213 e. The van der Waals surface area contributed by atoms with E-state index in [9.17, 15) is 0 Å². The molecule has 0 unspecified atom stereocenters. The van der Waals surface area contributed by atoms with Gasteiger partial charge in [0, 0.05) is 28.9 Å². The normalized spacial score (nSPS) is 22.7. The molecule has 0 amide bonds. The molecule has 1 aromatic rings. The van der Waals surface area contributed by atoms with Crippen LogP contribution in [0.2, 0.25) is 0 Å². The summed E-state index contributed by atoms with van der Waals surface area (Å²) in [5.74, 6) is 0.751. The number of nitrogens with zero attached hydrogens (tertiary/aromatic N) is 2. The molecule has 0 radical (unpaired) electrons. The smallest absolute Gasteiger partial charge is 0.213 e. The van der Waals surface area contributed by atoms with E-state index in [4.69, 9.17) is 9.47 Å².